The summed E-state index contributed by atoms with van der Waals surface area (Å²) in [5, 5.41) is 0. The molecule has 0 saturated carbocycles. The minimum atomic E-state index is 0.313. The van der Waals surface area contributed by atoms with Crippen molar-refractivity contribution < 1.29 is 4.74 Å². The predicted octanol–water partition coefficient (Wildman–Crippen LogP) is 2.04. The lowest BCUT2D eigenvalue weighted by atomic mass is 10.2. The molecule has 5 heteroatoms. The molecule has 1 aromatic heterocycles. The SMILES string of the molecule is CCc1cc(N2C[C@@H](OC)C[C@H]2CN2CCCC2)nc(C)n1. The first kappa shape index (κ1) is 15.7. The monoisotopic (exact) mass is 304 g/mol. The van der Waals surface area contributed by atoms with E-state index in [2.05, 4.69) is 27.8 Å². The normalized spacial score (nSPS) is 26.0. The van der Waals surface area contributed by atoms with Crippen LogP contribution in [0, 0.1) is 6.92 Å². The van der Waals surface area contributed by atoms with Crippen LogP contribution in [0.1, 0.15) is 37.7 Å². The summed E-state index contributed by atoms with van der Waals surface area (Å²) in [6.45, 7) is 8.69. The van der Waals surface area contributed by atoms with E-state index in [1.807, 2.05) is 14.0 Å². The quantitative estimate of drug-likeness (QED) is 0.832. The maximum absolute atomic E-state index is 5.64. The molecule has 0 radical (unpaired) electrons. The third-order valence-corrected chi connectivity index (χ3v) is 4.91. The summed E-state index contributed by atoms with van der Waals surface area (Å²) in [5.74, 6) is 1.95. The maximum atomic E-state index is 5.64. The summed E-state index contributed by atoms with van der Waals surface area (Å²) in [4.78, 5) is 14.2. The van der Waals surface area contributed by atoms with Gasteiger partial charge >= 0.3 is 0 Å². The molecular formula is C17H28N4O. The lowest BCUT2D eigenvalue weighted by Gasteiger charge is -2.29. The van der Waals surface area contributed by atoms with Crippen molar-refractivity contribution in [1.29, 1.82) is 0 Å². The van der Waals surface area contributed by atoms with E-state index in [1.54, 1.807) is 0 Å². The summed E-state index contributed by atoms with van der Waals surface area (Å²) >= 11 is 0. The molecule has 3 heterocycles. The molecule has 5 nitrogen and oxygen atoms in total. The van der Waals surface area contributed by atoms with Gasteiger partial charge in [0.2, 0.25) is 0 Å². The second-order valence-corrected chi connectivity index (χ2v) is 6.53. The van der Waals surface area contributed by atoms with E-state index in [1.165, 1.54) is 25.9 Å². The third-order valence-electron chi connectivity index (χ3n) is 4.91. The predicted molar refractivity (Wildman–Crippen MR) is 88.4 cm³/mol. The van der Waals surface area contributed by atoms with E-state index in [-0.39, 0.29) is 0 Å². The van der Waals surface area contributed by atoms with Crippen LogP contribution < -0.4 is 4.90 Å². The van der Waals surface area contributed by atoms with Crippen molar-refractivity contribution in [2.45, 2.75) is 51.7 Å². The molecule has 0 bridgehead atoms. The summed E-state index contributed by atoms with van der Waals surface area (Å²) < 4.78 is 5.64. The molecule has 0 aliphatic carbocycles. The lowest BCUT2D eigenvalue weighted by Crippen LogP contribution is -2.40. The number of nitrogens with zero attached hydrogens (tertiary/aromatic N) is 4. The van der Waals surface area contributed by atoms with Crippen LogP contribution in [-0.2, 0) is 11.2 Å². The van der Waals surface area contributed by atoms with Crippen molar-refractivity contribution in [3.63, 3.8) is 0 Å². The van der Waals surface area contributed by atoms with Crippen molar-refractivity contribution in [2.24, 2.45) is 0 Å². The summed E-state index contributed by atoms with van der Waals surface area (Å²) in [6.07, 6.45) is 5.04. The van der Waals surface area contributed by atoms with Crippen molar-refractivity contribution in [2.75, 3.05) is 38.2 Å². The summed E-state index contributed by atoms with van der Waals surface area (Å²) in [7, 11) is 1.82. The Bertz CT molecular complexity index is 501. The Balaban J connectivity index is 1.80. The minimum Gasteiger partial charge on any atom is -0.380 e. The zero-order valence-corrected chi connectivity index (χ0v) is 14.1. The molecular weight excluding hydrogens is 276 g/mol. The molecule has 0 aromatic carbocycles. The number of rotatable bonds is 5. The van der Waals surface area contributed by atoms with Crippen LogP contribution in [0.5, 0.6) is 0 Å². The molecule has 0 amide bonds. The number of hydrogen-bond donors (Lipinski definition) is 0. The van der Waals surface area contributed by atoms with Crippen LogP contribution in [0.15, 0.2) is 6.07 Å². The van der Waals surface area contributed by atoms with Crippen molar-refractivity contribution in [3.05, 3.63) is 17.6 Å². The highest BCUT2D eigenvalue weighted by atomic mass is 16.5. The van der Waals surface area contributed by atoms with E-state index in [0.717, 1.165) is 43.3 Å². The molecule has 122 valence electrons. The number of aryl methyl sites for hydroxylation is 2. The standard InChI is InChI=1S/C17H28N4O/c1-4-14-9-17(19-13(2)18-14)21-12-16(22-3)10-15(21)11-20-7-5-6-8-20/h9,15-16H,4-8,10-12H2,1-3H3/t15-,16-/m0/s1. The number of aromatic nitrogens is 2. The van der Waals surface area contributed by atoms with Gasteiger partial charge in [-0.25, -0.2) is 9.97 Å². The highest BCUT2D eigenvalue weighted by Crippen LogP contribution is 2.27. The van der Waals surface area contributed by atoms with Gasteiger partial charge in [0.15, 0.2) is 0 Å². The maximum Gasteiger partial charge on any atom is 0.132 e. The average molecular weight is 304 g/mol. The van der Waals surface area contributed by atoms with Crippen LogP contribution in [0.4, 0.5) is 5.82 Å². The molecule has 2 aliphatic rings. The first-order chi connectivity index (χ1) is 10.7. The first-order valence-corrected chi connectivity index (χ1v) is 8.56. The number of ether oxygens (including phenoxy) is 1. The Morgan fingerprint density at radius 2 is 2.05 bits per heavy atom. The van der Waals surface area contributed by atoms with Gasteiger partial charge in [-0.05, 0) is 45.7 Å². The molecule has 3 rings (SSSR count). The van der Waals surface area contributed by atoms with E-state index in [0.29, 0.717) is 12.1 Å². The van der Waals surface area contributed by atoms with Gasteiger partial charge in [-0.1, -0.05) is 6.92 Å². The fourth-order valence-electron chi connectivity index (χ4n) is 3.70. The smallest absolute Gasteiger partial charge is 0.132 e. The lowest BCUT2D eigenvalue weighted by molar-refractivity contribution is 0.116. The van der Waals surface area contributed by atoms with Crippen LogP contribution in [0.25, 0.3) is 0 Å². The van der Waals surface area contributed by atoms with Crippen molar-refractivity contribution >= 4 is 5.82 Å². The van der Waals surface area contributed by atoms with Crippen LogP contribution in [-0.4, -0.2) is 60.3 Å². The molecule has 2 saturated heterocycles. The highest BCUT2D eigenvalue weighted by Gasteiger charge is 2.34. The molecule has 2 aliphatic heterocycles. The minimum absolute atomic E-state index is 0.313. The number of likely N-dealkylation sites (tertiary alicyclic amines) is 1. The molecule has 2 atom stereocenters. The van der Waals surface area contributed by atoms with E-state index in [9.17, 15) is 0 Å². The van der Waals surface area contributed by atoms with Gasteiger partial charge in [0, 0.05) is 38.0 Å². The van der Waals surface area contributed by atoms with Gasteiger partial charge in [-0.2, -0.15) is 0 Å². The van der Waals surface area contributed by atoms with Crippen molar-refractivity contribution in [1.82, 2.24) is 14.9 Å². The topological polar surface area (TPSA) is 41.5 Å². The fourth-order valence-corrected chi connectivity index (χ4v) is 3.70. The Hall–Kier alpha value is -1.20. The van der Waals surface area contributed by atoms with Gasteiger partial charge < -0.3 is 14.5 Å². The zero-order valence-electron chi connectivity index (χ0n) is 14.1. The average Bonchev–Trinajstić information content (AvgIpc) is 3.16. The molecule has 0 N–H and O–H groups in total. The molecule has 22 heavy (non-hydrogen) atoms. The number of hydrogen-bond acceptors (Lipinski definition) is 5. The van der Waals surface area contributed by atoms with Gasteiger partial charge in [-0.15, -0.1) is 0 Å². The molecule has 1 aromatic rings. The zero-order chi connectivity index (χ0) is 15.5. The number of methoxy groups -OCH3 is 1. The van der Waals surface area contributed by atoms with E-state index >= 15 is 0 Å². The summed E-state index contributed by atoms with van der Waals surface area (Å²) in [6, 6.07) is 2.66. The van der Waals surface area contributed by atoms with Crippen LogP contribution in [0.2, 0.25) is 0 Å². The highest BCUT2D eigenvalue weighted by molar-refractivity contribution is 5.43. The van der Waals surface area contributed by atoms with Gasteiger partial charge in [0.05, 0.1) is 6.10 Å². The Morgan fingerprint density at radius 3 is 2.73 bits per heavy atom. The third kappa shape index (κ3) is 3.41. The van der Waals surface area contributed by atoms with Gasteiger partial charge in [0.1, 0.15) is 11.6 Å². The Kier molecular flexibility index (Phi) is 4.93. The summed E-state index contributed by atoms with van der Waals surface area (Å²) in [5.41, 5.74) is 1.13. The van der Waals surface area contributed by atoms with E-state index in [4.69, 9.17) is 9.72 Å². The second kappa shape index (κ2) is 6.92. The van der Waals surface area contributed by atoms with Gasteiger partial charge in [0.25, 0.3) is 0 Å². The van der Waals surface area contributed by atoms with Crippen LogP contribution in [0.3, 0.4) is 0 Å². The first-order valence-electron chi connectivity index (χ1n) is 8.56. The van der Waals surface area contributed by atoms with Gasteiger partial charge in [-0.3, -0.25) is 0 Å². The van der Waals surface area contributed by atoms with Crippen molar-refractivity contribution in [3.8, 4) is 0 Å². The molecule has 2 fully saturated rings. The largest absolute Gasteiger partial charge is 0.380 e. The number of anilines is 1. The fraction of sp³-hybridized carbons (Fsp3) is 0.765. The molecule has 0 spiro atoms. The second-order valence-electron chi connectivity index (χ2n) is 6.53. The van der Waals surface area contributed by atoms with Crippen LogP contribution >= 0.6 is 0 Å². The molecule has 0 unspecified atom stereocenters. The van der Waals surface area contributed by atoms with E-state index < -0.39 is 0 Å². The Morgan fingerprint density at radius 1 is 1.27 bits per heavy atom. The Labute approximate surface area is 133 Å².